The molecule has 10 heteroatoms. The number of aromatic nitrogens is 1. The van der Waals surface area contributed by atoms with E-state index in [-0.39, 0.29) is 37.7 Å². The summed E-state index contributed by atoms with van der Waals surface area (Å²) in [5, 5.41) is 2.57. The molecule has 0 aromatic carbocycles. The number of halogens is 7. The molecule has 1 aliphatic rings. The van der Waals surface area contributed by atoms with Crippen LogP contribution in [-0.4, -0.2) is 30.4 Å². The Labute approximate surface area is 126 Å². The molecule has 1 fully saturated rings. The van der Waals surface area contributed by atoms with Crippen molar-refractivity contribution in [2.24, 2.45) is 5.92 Å². The fourth-order valence-electron chi connectivity index (χ4n) is 2.21. The normalized spacial score (nSPS) is 22.9. The third-order valence-corrected chi connectivity index (χ3v) is 3.42. The second-order valence-electron chi connectivity index (χ2n) is 5.21. The van der Waals surface area contributed by atoms with Crippen LogP contribution in [0.3, 0.4) is 0 Å². The van der Waals surface area contributed by atoms with Gasteiger partial charge in [-0.05, 0) is 30.9 Å². The molecule has 0 radical (unpaired) electrons. The van der Waals surface area contributed by atoms with Gasteiger partial charge in [0.1, 0.15) is 5.82 Å². The molecule has 0 amide bonds. The molecule has 0 bridgehead atoms. The van der Waals surface area contributed by atoms with Crippen LogP contribution in [0.2, 0.25) is 0 Å². The zero-order valence-corrected chi connectivity index (χ0v) is 11.6. The van der Waals surface area contributed by atoms with E-state index in [0.717, 1.165) is 6.07 Å². The number of alkyl halides is 6. The zero-order valence-electron chi connectivity index (χ0n) is 11.6. The number of ether oxygens (including phenoxy) is 1. The highest BCUT2D eigenvalue weighted by Gasteiger charge is 2.42. The molecule has 130 valence electrons. The van der Waals surface area contributed by atoms with Crippen LogP contribution in [0, 0.1) is 11.7 Å². The monoisotopic (exact) mass is 346 g/mol. The summed E-state index contributed by atoms with van der Waals surface area (Å²) >= 11 is 0. The van der Waals surface area contributed by atoms with Crippen LogP contribution in [0.15, 0.2) is 12.1 Å². The third kappa shape index (κ3) is 4.69. The van der Waals surface area contributed by atoms with Gasteiger partial charge in [-0.2, -0.15) is 26.3 Å². The van der Waals surface area contributed by atoms with Gasteiger partial charge < -0.3 is 10.1 Å². The van der Waals surface area contributed by atoms with Crippen LogP contribution in [0.5, 0.6) is 0 Å². The fourth-order valence-corrected chi connectivity index (χ4v) is 2.21. The lowest BCUT2D eigenvalue weighted by Gasteiger charge is -2.30. The van der Waals surface area contributed by atoms with E-state index in [4.69, 9.17) is 4.74 Å². The Morgan fingerprint density at radius 1 is 1.13 bits per heavy atom. The van der Waals surface area contributed by atoms with Crippen molar-refractivity contribution in [3.8, 4) is 0 Å². The largest absolute Gasteiger partial charge is 0.436 e. The van der Waals surface area contributed by atoms with E-state index in [0.29, 0.717) is 6.07 Å². The van der Waals surface area contributed by atoms with E-state index < -0.39 is 30.0 Å². The van der Waals surface area contributed by atoms with Gasteiger partial charge in [0, 0.05) is 6.54 Å². The molecule has 1 aromatic heterocycles. The van der Waals surface area contributed by atoms with Crippen molar-refractivity contribution in [1.29, 1.82) is 0 Å². The highest BCUT2D eigenvalue weighted by atomic mass is 19.4. The van der Waals surface area contributed by atoms with Crippen molar-refractivity contribution in [2.75, 3.05) is 18.5 Å². The van der Waals surface area contributed by atoms with Crippen molar-refractivity contribution >= 4 is 5.82 Å². The van der Waals surface area contributed by atoms with Gasteiger partial charge in [0.2, 0.25) is 0 Å². The molecule has 2 heterocycles. The minimum Gasteiger partial charge on any atom is -0.370 e. The fraction of sp³-hybridized carbons (Fsp3) is 0.615. The van der Waals surface area contributed by atoms with Crippen molar-refractivity contribution in [3.63, 3.8) is 0 Å². The second kappa shape index (κ2) is 6.50. The second-order valence-corrected chi connectivity index (χ2v) is 5.21. The maximum atomic E-state index is 13.1. The molecule has 0 spiro atoms. The Hall–Kier alpha value is -1.58. The summed E-state index contributed by atoms with van der Waals surface area (Å²) in [5.41, 5.74) is -1.64. The number of nitrogens with zero attached hydrogens (tertiary/aromatic N) is 1. The van der Waals surface area contributed by atoms with Crippen LogP contribution in [0.25, 0.3) is 0 Å². The summed E-state index contributed by atoms with van der Waals surface area (Å²) < 4.78 is 92.6. The molecule has 0 unspecified atom stereocenters. The Kier molecular flexibility index (Phi) is 5.02. The summed E-state index contributed by atoms with van der Waals surface area (Å²) in [6, 6.07) is 1.67. The standard InChI is InChI=1S/C13H13F7N2O/c14-8-2-4-10(22-11(8)13(18,19)20)21-5-7-1-3-9(23-6-7)12(15,16)17/h2,4,7,9H,1,3,5-6H2,(H,21,22)/t7-,9-/m1/s1. The van der Waals surface area contributed by atoms with E-state index >= 15 is 0 Å². The molecule has 1 aromatic rings. The molecule has 2 rings (SSSR count). The zero-order chi connectivity index (χ0) is 17.3. The number of hydrogen-bond donors (Lipinski definition) is 1. The Bertz CT molecular complexity index is 536. The summed E-state index contributed by atoms with van der Waals surface area (Å²) in [6.07, 6.45) is -11.1. The number of nitrogens with one attached hydrogen (secondary N) is 1. The molecule has 0 aliphatic carbocycles. The topological polar surface area (TPSA) is 34.1 Å². The number of pyridine rings is 1. The molecule has 1 aliphatic heterocycles. The maximum absolute atomic E-state index is 13.1. The summed E-state index contributed by atoms with van der Waals surface area (Å²) in [7, 11) is 0. The summed E-state index contributed by atoms with van der Waals surface area (Å²) in [6.45, 7) is -0.0784. The Morgan fingerprint density at radius 3 is 2.35 bits per heavy atom. The van der Waals surface area contributed by atoms with Crippen LogP contribution >= 0.6 is 0 Å². The lowest BCUT2D eigenvalue weighted by Crippen LogP contribution is -2.39. The van der Waals surface area contributed by atoms with Crippen molar-refractivity contribution in [2.45, 2.75) is 31.3 Å². The first-order chi connectivity index (χ1) is 10.6. The van der Waals surface area contributed by atoms with E-state index in [1.165, 1.54) is 0 Å². The molecule has 1 N–H and O–H groups in total. The molecule has 23 heavy (non-hydrogen) atoms. The average molecular weight is 346 g/mol. The SMILES string of the molecule is Fc1ccc(NC[C@H]2CC[C@H](C(F)(F)F)OC2)nc1C(F)(F)F. The van der Waals surface area contributed by atoms with Crippen molar-refractivity contribution < 1.29 is 35.5 Å². The van der Waals surface area contributed by atoms with Crippen molar-refractivity contribution in [3.05, 3.63) is 23.6 Å². The smallest absolute Gasteiger partial charge is 0.370 e. The minimum absolute atomic E-state index is 0.0838. The highest BCUT2D eigenvalue weighted by Crippen LogP contribution is 2.32. The van der Waals surface area contributed by atoms with Gasteiger partial charge in [-0.1, -0.05) is 0 Å². The number of hydrogen-bond acceptors (Lipinski definition) is 3. The van der Waals surface area contributed by atoms with Gasteiger partial charge in [0.25, 0.3) is 0 Å². The predicted octanol–water partition coefficient (Wildman–Crippen LogP) is 4.01. The van der Waals surface area contributed by atoms with Gasteiger partial charge in [-0.3, -0.25) is 0 Å². The molecular weight excluding hydrogens is 333 g/mol. The highest BCUT2D eigenvalue weighted by molar-refractivity contribution is 5.36. The number of anilines is 1. The van der Waals surface area contributed by atoms with Gasteiger partial charge in [-0.25, -0.2) is 9.37 Å². The molecular formula is C13H13F7N2O. The third-order valence-electron chi connectivity index (χ3n) is 3.42. The van der Waals surface area contributed by atoms with E-state index in [1.807, 2.05) is 0 Å². The van der Waals surface area contributed by atoms with Crippen LogP contribution in [0.4, 0.5) is 36.6 Å². The molecule has 1 saturated heterocycles. The van der Waals surface area contributed by atoms with Crippen LogP contribution < -0.4 is 5.32 Å². The van der Waals surface area contributed by atoms with E-state index in [2.05, 4.69) is 10.3 Å². The summed E-state index contributed by atoms with van der Waals surface area (Å²) in [4.78, 5) is 3.15. The minimum atomic E-state index is -4.92. The van der Waals surface area contributed by atoms with Gasteiger partial charge >= 0.3 is 12.4 Å². The van der Waals surface area contributed by atoms with Gasteiger partial charge in [-0.15, -0.1) is 0 Å². The first-order valence-electron chi connectivity index (χ1n) is 6.73. The van der Waals surface area contributed by atoms with Gasteiger partial charge in [0.05, 0.1) is 6.61 Å². The van der Waals surface area contributed by atoms with Crippen LogP contribution in [-0.2, 0) is 10.9 Å². The van der Waals surface area contributed by atoms with Crippen molar-refractivity contribution in [1.82, 2.24) is 4.98 Å². The Balaban J connectivity index is 1.90. The molecule has 0 saturated carbocycles. The van der Waals surface area contributed by atoms with Gasteiger partial charge in [0.15, 0.2) is 17.6 Å². The molecule has 3 nitrogen and oxygen atoms in total. The maximum Gasteiger partial charge on any atom is 0.436 e. The number of rotatable bonds is 3. The molecule has 2 atom stereocenters. The average Bonchev–Trinajstić information content (AvgIpc) is 2.44. The predicted molar refractivity (Wildman–Crippen MR) is 66.2 cm³/mol. The van der Waals surface area contributed by atoms with E-state index in [1.54, 1.807) is 0 Å². The first-order valence-corrected chi connectivity index (χ1v) is 6.73. The van der Waals surface area contributed by atoms with E-state index in [9.17, 15) is 30.7 Å². The quantitative estimate of drug-likeness (QED) is 0.840. The lowest BCUT2D eigenvalue weighted by molar-refractivity contribution is -0.235. The lowest BCUT2D eigenvalue weighted by atomic mass is 9.98. The van der Waals surface area contributed by atoms with Crippen LogP contribution in [0.1, 0.15) is 18.5 Å². The first kappa shape index (κ1) is 17.8. The summed E-state index contributed by atoms with van der Waals surface area (Å²) in [5.74, 6) is -1.98. The Morgan fingerprint density at radius 2 is 1.83 bits per heavy atom.